The minimum Gasteiger partial charge on any atom is -0.354 e. The van der Waals surface area contributed by atoms with E-state index in [9.17, 15) is 9.59 Å². The fraction of sp³-hybridized carbons (Fsp3) is 0.600. The molecule has 1 aliphatic rings. The average Bonchev–Trinajstić information content (AvgIpc) is 2.61. The van der Waals surface area contributed by atoms with E-state index in [1.165, 1.54) is 0 Å². The molecule has 2 amide bonds. The van der Waals surface area contributed by atoms with Gasteiger partial charge in [-0.05, 0) is 57.1 Å². The normalized spacial score (nSPS) is 16.8. The van der Waals surface area contributed by atoms with Gasteiger partial charge in [-0.25, -0.2) is 0 Å². The first-order valence-corrected chi connectivity index (χ1v) is 10.1. The number of carbonyl (C=O) groups is 2. The van der Waals surface area contributed by atoms with Crippen molar-refractivity contribution in [2.45, 2.75) is 32.7 Å². The fourth-order valence-electron chi connectivity index (χ4n) is 3.48. The van der Waals surface area contributed by atoms with Gasteiger partial charge in [0.15, 0.2) is 0 Å². The summed E-state index contributed by atoms with van der Waals surface area (Å²) in [6.45, 7) is 6.27. The van der Waals surface area contributed by atoms with Gasteiger partial charge in [-0.3, -0.25) is 9.59 Å². The van der Waals surface area contributed by atoms with Crippen LogP contribution in [0.5, 0.6) is 0 Å². The molecule has 26 heavy (non-hydrogen) atoms. The predicted octanol–water partition coefficient (Wildman–Crippen LogP) is 3.00. The van der Waals surface area contributed by atoms with Crippen LogP contribution < -0.4 is 5.32 Å². The van der Waals surface area contributed by atoms with E-state index in [2.05, 4.69) is 40.0 Å². The molecule has 0 spiro atoms. The van der Waals surface area contributed by atoms with Crippen LogP contribution in [0.1, 0.15) is 37.0 Å². The maximum atomic E-state index is 12.6. The van der Waals surface area contributed by atoms with Gasteiger partial charge in [-0.1, -0.05) is 29.8 Å². The van der Waals surface area contributed by atoms with E-state index in [-0.39, 0.29) is 17.7 Å². The molecule has 5 nitrogen and oxygen atoms in total. The minimum absolute atomic E-state index is 0.000979. The number of carbonyl (C=O) groups excluding carboxylic acids is 2. The van der Waals surface area contributed by atoms with Crippen LogP contribution in [0.25, 0.3) is 0 Å². The molecule has 1 saturated heterocycles. The summed E-state index contributed by atoms with van der Waals surface area (Å²) < 4.78 is 0.960. The number of hydrogen-bond acceptors (Lipinski definition) is 3. The average molecular weight is 424 g/mol. The zero-order chi connectivity index (χ0) is 19.3. The molecule has 144 valence electrons. The van der Waals surface area contributed by atoms with E-state index < -0.39 is 0 Å². The Bertz CT molecular complexity index is 600. The van der Waals surface area contributed by atoms with Gasteiger partial charge in [0, 0.05) is 41.6 Å². The number of hydrogen-bond donors (Lipinski definition) is 1. The topological polar surface area (TPSA) is 52.7 Å². The highest BCUT2D eigenvalue weighted by Crippen LogP contribution is 2.20. The molecule has 1 atom stereocenters. The SMILES string of the molecule is CC(C)C(CNC(=O)C1CCN(C(=O)c2ccc(Br)cc2)CC1)N(C)C. The third-order valence-electron chi connectivity index (χ3n) is 5.16. The van der Waals surface area contributed by atoms with Gasteiger partial charge in [-0.2, -0.15) is 0 Å². The maximum Gasteiger partial charge on any atom is 0.253 e. The Kier molecular flexibility index (Phi) is 7.65. The van der Waals surface area contributed by atoms with Crippen molar-refractivity contribution >= 4 is 27.7 Å². The number of nitrogens with one attached hydrogen (secondary N) is 1. The molecular weight excluding hydrogens is 394 g/mol. The number of piperidine rings is 1. The molecule has 2 rings (SSSR count). The highest BCUT2D eigenvalue weighted by Gasteiger charge is 2.28. The Hall–Kier alpha value is -1.40. The third-order valence-corrected chi connectivity index (χ3v) is 5.69. The van der Waals surface area contributed by atoms with Gasteiger partial charge in [0.2, 0.25) is 5.91 Å². The molecule has 1 heterocycles. The van der Waals surface area contributed by atoms with Crippen LogP contribution in [0.15, 0.2) is 28.7 Å². The first-order valence-electron chi connectivity index (χ1n) is 9.28. The molecule has 1 N–H and O–H groups in total. The van der Waals surface area contributed by atoms with Crippen LogP contribution in [0.3, 0.4) is 0 Å². The summed E-state index contributed by atoms with van der Waals surface area (Å²) in [5.41, 5.74) is 0.696. The molecule has 1 unspecified atom stereocenters. The summed E-state index contributed by atoms with van der Waals surface area (Å²) >= 11 is 3.38. The van der Waals surface area contributed by atoms with E-state index in [1.807, 2.05) is 43.3 Å². The Balaban J connectivity index is 1.82. The lowest BCUT2D eigenvalue weighted by molar-refractivity contribution is -0.126. The summed E-state index contributed by atoms with van der Waals surface area (Å²) in [5, 5.41) is 3.11. The molecule has 1 fully saturated rings. The second kappa shape index (κ2) is 9.51. The predicted molar refractivity (Wildman–Crippen MR) is 108 cm³/mol. The Morgan fingerprint density at radius 3 is 2.27 bits per heavy atom. The number of rotatable bonds is 6. The van der Waals surface area contributed by atoms with E-state index in [4.69, 9.17) is 0 Å². The number of likely N-dealkylation sites (N-methyl/N-ethyl adjacent to an activating group) is 1. The van der Waals surface area contributed by atoms with Crippen molar-refractivity contribution < 1.29 is 9.59 Å². The van der Waals surface area contributed by atoms with E-state index in [0.717, 1.165) is 17.3 Å². The molecule has 6 heteroatoms. The summed E-state index contributed by atoms with van der Waals surface area (Å²) in [5.74, 6) is 0.645. The van der Waals surface area contributed by atoms with Crippen LogP contribution in [-0.4, -0.2) is 61.4 Å². The van der Waals surface area contributed by atoms with Gasteiger partial charge in [-0.15, -0.1) is 0 Å². The van der Waals surface area contributed by atoms with Crippen molar-refractivity contribution in [2.75, 3.05) is 33.7 Å². The monoisotopic (exact) mass is 423 g/mol. The van der Waals surface area contributed by atoms with Gasteiger partial charge >= 0.3 is 0 Å². The van der Waals surface area contributed by atoms with Crippen molar-refractivity contribution in [3.8, 4) is 0 Å². The molecule has 0 bridgehead atoms. The van der Waals surface area contributed by atoms with Gasteiger partial charge in [0.25, 0.3) is 5.91 Å². The standard InChI is InChI=1S/C20H30BrN3O2/c1-14(2)18(23(3)4)13-22-19(25)15-9-11-24(12-10-15)20(26)16-5-7-17(21)8-6-16/h5-8,14-15,18H,9-13H2,1-4H3,(H,22,25). The lowest BCUT2D eigenvalue weighted by atomic mass is 9.95. The molecule has 0 aliphatic carbocycles. The summed E-state index contributed by atoms with van der Waals surface area (Å²) in [4.78, 5) is 29.1. The highest BCUT2D eigenvalue weighted by molar-refractivity contribution is 9.10. The molecule has 0 saturated carbocycles. The number of likely N-dealkylation sites (tertiary alicyclic amines) is 1. The second-order valence-electron chi connectivity index (χ2n) is 7.59. The van der Waals surface area contributed by atoms with Crippen LogP contribution in [0.2, 0.25) is 0 Å². The van der Waals surface area contributed by atoms with Crippen LogP contribution in [0.4, 0.5) is 0 Å². The Morgan fingerprint density at radius 1 is 1.19 bits per heavy atom. The second-order valence-corrected chi connectivity index (χ2v) is 8.51. The summed E-state index contributed by atoms with van der Waals surface area (Å²) in [6.07, 6.45) is 1.45. The molecule has 1 aromatic carbocycles. The van der Waals surface area contributed by atoms with Crippen LogP contribution in [0, 0.1) is 11.8 Å². The largest absolute Gasteiger partial charge is 0.354 e. The lowest BCUT2D eigenvalue weighted by Crippen LogP contribution is -2.47. The molecule has 0 radical (unpaired) electrons. The molecule has 1 aliphatic heterocycles. The third kappa shape index (κ3) is 5.55. The minimum atomic E-state index is -0.000979. The lowest BCUT2D eigenvalue weighted by Gasteiger charge is -2.33. The zero-order valence-corrected chi connectivity index (χ0v) is 17.8. The maximum absolute atomic E-state index is 12.6. The van der Waals surface area contributed by atoms with Crippen LogP contribution in [-0.2, 0) is 4.79 Å². The summed E-state index contributed by atoms with van der Waals surface area (Å²) in [6, 6.07) is 7.75. The number of amides is 2. The van der Waals surface area contributed by atoms with Gasteiger partial charge in [0.1, 0.15) is 0 Å². The summed E-state index contributed by atoms with van der Waals surface area (Å²) in [7, 11) is 4.09. The van der Waals surface area contributed by atoms with E-state index in [1.54, 1.807) is 0 Å². The molecule has 1 aromatic rings. The first kappa shape index (κ1) is 20.9. The quantitative estimate of drug-likeness (QED) is 0.764. The Morgan fingerprint density at radius 2 is 1.77 bits per heavy atom. The molecule has 0 aromatic heterocycles. The Labute approximate surface area is 165 Å². The van der Waals surface area contributed by atoms with Crippen molar-refractivity contribution in [1.82, 2.24) is 15.1 Å². The number of halogens is 1. The van der Waals surface area contributed by atoms with Gasteiger partial charge < -0.3 is 15.1 Å². The fourth-order valence-corrected chi connectivity index (χ4v) is 3.75. The first-order chi connectivity index (χ1) is 12.3. The zero-order valence-electron chi connectivity index (χ0n) is 16.2. The van der Waals surface area contributed by atoms with Crippen molar-refractivity contribution in [3.05, 3.63) is 34.3 Å². The van der Waals surface area contributed by atoms with Crippen molar-refractivity contribution in [3.63, 3.8) is 0 Å². The van der Waals surface area contributed by atoms with Crippen molar-refractivity contribution in [1.29, 1.82) is 0 Å². The number of benzene rings is 1. The highest BCUT2D eigenvalue weighted by atomic mass is 79.9. The van der Waals surface area contributed by atoms with E-state index in [0.29, 0.717) is 37.2 Å². The van der Waals surface area contributed by atoms with Gasteiger partial charge in [0.05, 0.1) is 0 Å². The van der Waals surface area contributed by atoms with E-state index >= 15 is 0 Å². The van der Waals surface area contributed by atoms with Crippen molar-refractivity contribution in [2.24, 2.45) is 11.8 Å². The molecular formula is C20H30BrN3O2. The number of nitrogens with zero attached hydrogens (tertiary/aromatic N) is 2. The smallest absolute Gasteiger partial charge is 0.253 e. The van der Waals surface area contributed by atoms with Crippen LogP contribution >= 0.6 is 15.9 Å².